The molecule has 2 fully saturated rings. The second-order valence-corrected chi connectivity index (χ2v) is 11.9. The summed E-state index contributed by atoms with van der Waals surface area (Å²) in [5.41, 5.74) is 0. The van der Waals surface area contributed by atoms with Gasteiger partial charge in [0.2, 0.25) is 20.0 Å². The Kier molecular flexibility index (Phi) is 6.57. The second kappa shape index (κ2) is 9.05. The number of nitrogens with zero attached hydrogens (tertiary/aromatic N) is 2. The van der Waals surface area contributed by atoms with Gasteiger partial charge in [-0.05, 0) is 50.8 Å². The van der Waals surface area contributed by atoms with Crippen molar-refractivity contribution in [2.24, 2.45) is 0 Å². The fourth-order valence-corrected chi connectivity index (χ4v) is 8.08. The molecule has 7 nitrogen and oxygen atoms in total. The van der Waals surface area contributed by atoms with Crippen LogP contribution in [0.1, 0.15) is 45.4 Å². The summed E-state index contributed by atoms with van der Waals surface area (Å²) in [6.07, 6.45) is 5.36. The molecule has 2 heterocycles. The molecule has 170 valence electrons. The molecule has 0 radical (unpaired) electrons. The number of piperidine rings is 2. The van der Waals surface area contributed by atoms with Crippen molar-refractivity contribution in [3.8, 4) is 5.75 Å². The van der Waals surface area contributed by atoms with Gasteiger partial charge in [-0.1, -0.05) is 25.0 Å². The molecule has 2 aromatic carbocycles. The summed E-state index contributed by atoms with van der Waals surface area (Å²) in [6.45, 7) is 4.05. The highest BCUT2D eigenvalue weighted by atomic mass is 32.2. The summed E-state index contributed by atoms with van der Waals surface area (Å²) >= 11 is 0. The maximum atomic E-state index is 13.6. The number of sulfonamides is 2. The van der Waals surface area contributed by atoms with Crippen molar-refractivity contribution in [1.82, 2.24) is 8.61 Å². The number of hydrogen-bond acceptors (Lipinski definition) is 5. The molecule has 2 aliphatic heterocycles. The molecule has 0 bridgehead atoms. The third kappa shape index (κ3) is 4.20. The Labute approximate surface area is 185 Å². The quantitative estimate of drug-likeness (QED) is 0.650. The van der Waals surface area contributed by atoms with Gasteiger partial charge in [0, 0.05) is 37.0 Å². The van der Waals surface area contributed by atoms with Crippen molar-refractivity contribution < 1.29 is 21.6 Å². The summed E-state index contributed by atoms with van der Waals surface area (Å²) in [6, 6.07) is 8.15. The van der Waals surface area contributed by atoms with Gasteiger partial charge in [-0.2, -0.15) is 8.61 Å². The molecule has 0 aliphatic carbocycles. The minimum Gasteiger partial charge on any atom is -0.492 e. The van der Waals surface area contributed by atoms with E-state index in [-0.39, 0.29) is 15.5 Å². The Morgan fingerprint density at radius 1 is 0.742 bits per heavy atom. The number of rotatable bonds is 6. The number of benzene rings is 2. The Morgan fingerprint density at radius 2 is 1.32 bits per heavy atom. The molecule has 0 N–H and O–H groups in total. The largest absolute Gasteiger partial charge is 0.492 e. The molecule has 31 heavy (non-hydrogen) atoms. The predicted molar refractivity (Wildman–Crippen MR) is 120 cm³/mol. The first-order valence-electron chi connectivity index (χ1n) is 11.1. The summed E-state index contributed by atoms with van der Waals surface area (Å²) in [4.78, 5) is 0.231. The highest BCUT2D eigenvalue weighted by Gasteiger charge is 2.33. The van der Waals surface area contributed by atoms with E-state index in [1.165, 1.54) is 8.61 Å². The average Bonchev–Trinajstić information content (AvgIpc) is 2.79. The van der Waals surface area contributed by atoms with Crippen molar-refractivity contribution in [3.05, 3.63) is 30.3 Å². The zero-order chi connectivity index (χ0) is 22.1. The van der Waals surface area contributed by atoms with E-state index in [9.17, 15) is 16.8 Å². The summed E-state index contributed by atoms with van der Waals surface area (Å²) in [7, 11) is -7.55. The monoisotopic (exact) mass is 466 g/mol. The molecule has 0 saturated carbocycles. The van der Waals surface area contributed by atoms with Crippen molar-refractivity contribution in [2.45, 2.75) is 55.2 Å². The van der Waals surface area contributed by atoms with Gasteiger partial charge in [0.05, 0.1) is 11.5 Å². The van der Waals surface area contributed by atoms with Gasteiger partial charge >= 0.3 is 0 Å². The standard InChI is InChI=1S/C22H30N2O5S2/c1-2-29-20-13-12-18-19(22(20)31(27,28)24-16-7-4-8-17-24)10-9-11-21(18)30(25,26)23-14-5-3-6-15-23/h9-13H,2-8,14-17H2,1H3. The minimum atomic E-state index is -3.83. The van der Waals surface area contributed by atoms with Crippen LogP contribution >= 0.6 is 0 Å². The first-order valence-corrected chi connectivity index (χ1v) is 13.9. The third-order valence-corrected chi connectivity index (χ3v) is 10.0. The number of ether oxygens (including phenoxy) is 1. The lowest BCUT2D eigenvalue weighted by Gasteiger charge is -2.28. The molecule has 2 aliphatic rings. The van der Waals surface area contributed by atoms with Gasteiger partial charge in [0.1, 0.15) is 10.6 Å². The first-order chi connectivity index (χ1) is 14.9. The van der Waals surface area contributed by atoms with Crippen LogP contribution in [0.4, 0.5) is 0 Å². The fraction of sp³-hybridized carbons (Fsp3) is 0.545. The van der Waals surface area contributed by atoms with Crippen molar-refractivity contribution in [2.75, 3.05) is 32.8 Å². The molecule has 2 saturated heterocycles. The predicted octanol–water partition coefficient (Wildman–Crippen LogP) is 3.59. The van der Waals surface area contributed by atoms with Crippen LogP contribution in [0.2, 0.25) is 0 Å². The minimum absolute atomic E-state index is 0.0736. The molecule has 0 atom stereocenters. The van der Waals surface area contributed by atoms with E-state index in [1.807, 2.05) is 0 Å². The van der Waals surface area contributed by atoms with Gasteiger partial charge in [-0.15, -0.1) is 0 Å². The van der Waals surface area contributed by atoms with E-state index in [0.29, 0.717) is 43.6 Å². The highest BCUT2D eigenvalue weighted by molar-refractivity contribution is 7.90. The molecule has 0 aromatic heterocycles. The highest BCUT2D eigenvalue weighted by Crippen LogP contribution is 2.38. The molecule has 0 amide bonds. The van der Waals surface area contributed by atoms with E-state index in [2.05, 4.69) is 0 Å². The zero-order valence-electron chi connectivity index (χ0n) is 17.9. The maximum absolute atomic E-state index is 13.6. The van der Waals surface area contributed by atoms with E-state index in [0.717, 1.165) is 38.5 Å². The van der Waals surface area contributed by atoms with Crippen LogP contribution in [0.15, 0.2) is 40.1 Å². The SMILES string of the molecule is CCOc1ccc2c(S(=O)(=O)N3CCCCC3)cccc2c1S(=O)(=O)N1CCCCC1. The van der Waals surface area contributed by atoms with Crippen LogP contribution in [0.3, 0.4) is 0 Å². The zero-order valence-corrected chi connectivity index (χ0v) is 19.6. The Hall–Kier alpha value is -1.68. The van der Waals surface area contributed by atoms with Crippen molar-refractivity contribution in [3.63, 3.8) is 0 Å². The Morgan fingerprint density at radius 3 is 1.90 bits per heavy atom. The lowest BCUT2D eigenvalue weighted by Crippen LogP contribution is -2.36. The van der Waals surface area contributed by atoms with Crippen LogP contribution in [-0.4, -0.2) is 58.2 Å². The lowest BCUT2D eigenvalue weighted by atomic mass is 10.1. The van der Waals surface area contributed by atoms with E-state index >= 15 is 0 Å². The molecule has 2 aromatic rings. The lowest BCUT2D eigenvalue weighted by molar-refractivity contribution is 0.324. The van der Waals surface area contributed by atoms with Crippen LogP contribution < -0.4 is 4.74 Å². The van der Waals surface area contributed by atoms with Gasteiger partial charge in [0.15, 0.2) is 0 Å². The molecular formula is C22H30N2O5S2. The summed E-state index contributed by atoms with van der Waals surface area (Å²) in [5.74, 6) is 0.271. The Balaban J connectivity index is 1.91. The van der Waals surface area contributed by atoms with E-state index in [4.69, 9.17) is 4.74 Å². The molecule has 0 unspecified atom stereocenters. The van der Waals surface area contributed by atoms with Gasteiger partial charge in [-0.25, -0.2) is 16.8 Å². The normalized spacial score (nSPS) is 19.5. The average molecular weight is 467 g/mol. The first kappa shape index (κ1) is 22.5. The summed E-state index contributed by atoms with van der Waals surface area (Å²) < 4.78 is 62.8. The fourth-order valence-electron chi connectivity index (χ4n) is 4.52. The number of fused-ring (bicyclic) bond motifs is 1. The topological polar surface area (TPSA) is 84.0 Å². The number of hydrogen-bond donors (Lipinski definition) is 0. The van der Waals surface area contributed by atoms with Crippen LogP contribution in [0.5, 0.6) is 5.75 Å². The van der Waals surface area contributed by atoms with Crippen LogP contribution in [-0.2, 0) is 20.0 Å². The van der Waals surface area contributed by atoms with E-state index in [1.54, 1.807) is 37.3 Å². The Bertz CT molecular complexity index is 1150. The van der Waals surface area contributed by atoms with Gasteiger partial charge < -0.3 is 4.74 Å². The maximum Gasteiger partial charge on any atom is 0.247 e. The van der Waals surface area contributed by atoms with Crippen LogP contribution in [0, 0.1) is 0 Å². The van der Waals surface area contributed by atoms with Gasteiger partial charge in [-0.3, -0.25) is 0 Å². The molecule has 4 rings (SSSR count). The van der Waals surface area contributed by atoms with Crippen LogP contribution in [0.25, 0.3) is 10.8 Å². The smallest absolute Gasteiger partial charge is 0.247 e. The van der Waals surface area contributed by atoms with Crippen molar-refractivity contribution in [1.29, 1.82) is 0 Å². The molecule has 9 heteroatoms. The second-order valence-electron chi connectivity index (χ2n) is 8.11. The summed E-state index contributed by atoms with van der Waals surface area (Å²) in [5, 5.41) is 0.821. The van der Waals surface area contributed by atoms with Gasteiger partial charge in [0.25, 0.3) is 0 Å². The third-order valence-electron chi connectivity index (χ3n) is 6.08. The van der Waals surface area contributed by atoms with E-state index < -0.39 is 20.0 Å². The van der Waals surface area contributed by atoms with Crippen molar-refractivity contribution >= 4 is 30.8 Å². The molecular weight excluding hydrogens is 436 g/mol. The molecule has 0 spiro atoms.